The molecule has 0 radical (unpaired) electrons. The van der Waals surface area contributed by atoms with Crippen LogP contribution in [0.1, 0.15) is 16.2 Å². The number of nitrogens with one attached hydrogen (secondary N) is 1. The molecule has 0 unspecified atom stereocenters. The van der Waals surface area contributed by atoms with Crippen LogP contribution in [0.15, 0.2) is 22.9 Å². The van der Waals surface area contributed by atoms with E-state index >= 15 is 0 Å². The van der Waals surface area contributed by atoms with Crippen molar-refractivity contribution in [2.75, 3.05) is 11.9 Å². The molecule has 20 heavy (non-hydrogen) atoms. The zero-order valence-electron chi connectivity index (χ0n) is 10.4. The van der Waals surface area contributed by atoms with Crippen LogP contribution in [0.4, 0.5) is 6.01 Å². The highest BCUT2D eigenvalue weighted by Crippen LogP contribution is 2.16. The minimum absolute atomic E-state index is 0.00291. The van der Waals surface area contributed by atoms with Crippen LogP contribution in [0.5, 0.6) is 5.75 Å². The molecule has 0 atom stereocenters. The molecule has 2 rings (SSSR count). The molecule has 9 heteroatoms. The smallest absolute Gasteiger partial charge is 0.339 e. The highest BCUT2D eigenvalue weighted by atomic mass is 16.5. The molecule has 0 saturated carbocycles. The third-order valence-corrected chi connectivity index (χ3v) is 2.15. The number of aryl methyl sites for hydroxylation is 1. The largest absolute Gasteiger partial charge is 0.481 e. The van der Waals surface area contributed by atoms with Gasteiger partial charge in [-0.3, -0.25) is 15.1 Å². The Morgan fingerprint density at radius 2 is 2.25 bits per heavy atom. The lowest BCUT2D eigenvalue weighted by Crippen LogP contribution is -2.21. The molecule has 0 bridgehead atoms. The molecule has 2 N–H and O–H groups in total. The van der Waals surface area contributed by atoms with E-state index in [1.54, 1.807) is 6.92 Å². The van der Waals surface area contributed by atoms with E-state index < -0.39 is 18.5 Å². The Hall–Kier alpha value is -2.97. The Morgan fingerprint density at radius 3 is 2.90 bits per heavy atom. The second-order valence-corrected chi connectivity index (χ2v) is 3.64. The summed E-state index contributed by atoms with van der Waals surface area (Å²) in [5.74, 6) is -1.43. The van der Waals surface area contributed by atoms with Gasteiger partial charge in [-0.25, -0.2) is 4.79 Å². The van der Waals surface area contributed by atoms with E-state index in [0.29, 0.717) is 5.89 Å². The van der Waals surface area contributed by atoms with Crippen LogP contribution >= 0.6 is 0 Å². The molecule has 1 amide bonds. The van der Waals surface area contributed by atoms with Crippen molar-refractivity contribution in [1.29, 1.82) is 0 Å². The van der Waals surface area contributed by atoms with Gasteiger partial charge in [0.05, 0.1) is 6.20 Å². The number of nitrogens with zero attached hydrogens (tertiary/aromatic N) is 3. The van der Waals surface area contributed by atoms with Crippen molar-refractivity contribution in [3.8, 4) is 5.75 Å². The molecule has 104 valence electrons. The third kappa shape index (κ3) is 3.28. The fourth-order valence-corrected chi connectivity index (χ4v) is 1.32. The Labute approximate surface area is 112 Å². The van der Waals surface area contributed by atoms with Gasteiger partial charge in [0.1, 0.15) is 5.56 Å². The van der Waals surface area contributed by atoms with Gasteiger partial charge in [0.2, 0.25) is 5.89 Å². The van der Waals surface area contributed by atoms with Crippen molar-refractivity contribution in [2.24, 2.45) is 0 Å². The van der Waals surface area contributed by atoms with E-state index in [4.69, 9.17) is 14.3 Å². The predicted octanol–water partition coefficient (Wildman–Crippen LogP) is 0.489. The maximum absolute atomic E-state index is 11.5. The zero-order chi connectivity index (χ0) is 14.5. The third-order valence-electron chi connectivity index (χ3n) is 2.15. The lowest BCUT2D eigenvalue weighted by molar-refractivity contribution is -0.118. The molecule has 0 aromatic carbocycles. The number of ether oxygens (including phenoxy) is 1. The van der Waals surface area contributed by atoms with Crippen molar-refractivity contribution in [3.05, 3.63) is 29.9 Å². The summed E-state index contributed by atoms with van der Waals surface area (Å²) in [7, 11) is 0. The van der Waals surface area contributed by atoms with E-state index in [9.17, 15) is 9.59 Å². The summed E-state index contributed by atoms with van der Waals surface area (Å²) in [4.78, 5) is 26.2. The SMILES string of the molecule is Cc1nnc(NC(=O)COc2cnccc2C(=O)O)o1. The normalized spacial score (nSPS) is 10.1. The first kappa shape index (κ1) is 13.5. The summed E-state index contributed by atoms with van der Waals surface area (Å²) in [5.41, 5.74) is -0.0820. The van der Waals surface area contributed by atoms with Gasteiger partial charge in [-0.15, -0.1) is 5.10 Å². The maximum Gasteiger partial charge on any atom is 0.339 e. The molecule has 9 nitrogen and oxygen atoms in total. The Kier molecular flexibility index (Phi) is 3.89. The van der Waals surface area contributed by atoms with Crippen LogP contribution in [0.25, 0.3) is 0 Å². The lowest BCUT2D eigenvalue weighted by Gasteiger charge is -2.07. The number of hydrogen-bond acceptors (Lipinski definition) is 7. The minimum Gasteiger partial charge on any atom is -0.481 e. The first-order chi connectivity index (χ1) is 9.56. The van der Waals surface area contributed by atoms with Gasteiger partial charge >= 0.3 is 12.0 Å². The molecule has 0 aliphatic heterocycles. The van der Waals surface area contributed by atoms with Gasteiger partial charge in [-0.05, 0) is 6.07 Å². The lowest BCUT2D eigenvalue weighted by atomic mass is 10.2. The molecule has 0 spiro atoms. The second-order valence-electron chi connectivity index (χ2n) is 3.64. The van der Waals surface area contributed by atoms with Crippen molar-refractivity contribution in [2.45, 2.75) is 6.92 Å². The molecule has 2 aromatic rings. The number of carbonyl (C=O) groups is 2. The fraction of sp³-hybridized carbons (Fsp3) is 0.182. The summed E-state index contributed by atoms with van der Waals surface area (Å²) in [6.45, 7) is 1.17. The summed E-state index contributed by atoms with van der Waals surface area (Å²) in [6.07, 6.45) is 2.53. The number of anilines is 1. The van der Waals surface area contributed by atoms with Gasteiger partial charge in [0, 0.05) is 13.1 Å². The summed E-state index contributed by atoms with van der Waals surface area (Å²) < 4.78 is 10.0. The summed E-state index contributed by atoms with van der Waals surface area (Å²) >= 11 is 0. The first-order valence-corrected chi connectivity index (χ1v) is 5.46. The average molecular weight is 278 g/mol. The quantitative estimate of drug-likeness (QED) is 0.808. The van der Waals surface area contributed by atoms with E-state index in [-0.39, 0.29) is 17.3 Å². The minimum atomic E-state index is -1.17. The molecule has 2 aromatic heterocycles. The van der Waals surface area contributed by atoms with Gasteiger partial charge in [-0.1, -0.05) is 5.10 Å². The van der Waals surface area contributed by atoms with Crippen LogP contribution in [0, 0.1) is 6.92 Å². The zero-order valence-corrected chi connectivity index (χ0v) is 10.4. The first-order valence-electron chi connectivity index (χ1n) is 5.46. The Bertz CT molecular complexity index is 639. The van der Waals surface area contributed by atoms with Crippen LogP contribution in [-0.2, 0) is 4.79 Å². The highest BCUT2D eigenvalue weighted by Gasteiger charge is 2.13. The van der Waals surface area contributed by atoms with Crippen molar-refractivity contribution >= 4 is 17.9 Å². The van der Waals surface area contributed by atoms with Crippen LogP contribution < -0.4 is 10.1 Å². The number of carbonyl (C=O) groups excluding carboxylic acids is 1. The summed E-state index contributed by atoms with van der Waals surface area (Å²) in [5, 5.41) is 18.3. The van der Waals surface area contributed by atoms with Crippen molar-refractivity contribution in [3.63, 3.8) is 0 Å². The highest BCUT2D eigenvalue weighted by molar-refractivity contribution is 5.92. The van der Waals surface area contributed by atoms with E-state index in [2.05, 4.69) is 20.5 Å². The van der Waals surface area contributed by atoms with Crippen LogP contribution in [0.2, 0.25) is 0 Å². The average Bonchev–Trinajstić information content (AvgIpc) is 2.82. The van der Waals surface area contributed by atoms with Gasteiger partial charge in [0.15, 0.2) is 12.4 Å². The van der Waals surface area contributed by atoms with E-state index in [1.165, 1.54) is 18.5 Å². The van der Waals surface area contributed by atoms with Crippen molar-refractivity contribution in [1.82, 2.24) is 15.2 Å². The monoisotopic (exact) mass is 278 g/mol. The number of aromatic nitrogens is 3. The number of pyridine rings is 1. The molecule has 0 aliphatic carbocycles. The number of carboxylic acids is 1. The number of carboxylic acid groups (broad SMARTS) is 1. The van der Waals surface area contributed by atoms with Gasteiger partial charge < -0.3 is 14.3 Å². The van der Waals surface area contributed by atoms with Gasteiger partial charge in [-0.2, -0.15) is 0 Å². The van der Waals surface area contributed by atoms with Crippen LogP contribution in [-0.4, -0.2) is 38.8 Å². The molecule has 0 fully saturated rings. The van der Waals surface area contributed by atoms with Crippen molar-refractivity contribution < 1.29 is 23.8 Å². The molecule has 0 aliphatic rings. The molecular weight excluding hydrogens is 268 g/mol. The summed E-state index contributed by atoms with van der Waals surface area (Å²) in [6, 6.07) is 1.22. The van der Waals surface area contributed by atoms with E-state index in [1.807, 2.05) is 0 Å². The Morgan fingerprint density at radius 1 is 1.45 bits per heavy atom. The fourth-order valence-electron chi connectivity index (χ4n) is 1.32. The Balaban J connectivity index is 1.95. The van der Waals surface area contributed by atoms with E-state index in [0.717, 1.165) is 0 Å². The maximum atomic E-state index is 11.5. The number of hydrogen-bond donors (Lipinski definition) is 2. The number of rotatable bonds is 5. The second kappa shape index (κ2) is 5.78. The predicted molar refractivity (Wildman–Crippen MR) is 64.4 cm³/mol. The topological polar surface area (TPSA) is 127 Å². The van der Waals surface area contributed by atoms with Crippen LogP contribution in [0.3, 0.4) is 0 Å². The van der Waals surface area contributed by atoms with Gasteiger partial charge in [0.25, 0.3) is 5.91 Å². The molecular formula is C11H10N4O5. The standard InChI is InChI=1S/C11H10N4O5/c1-6-14-15-11(20-6)13-9(16)5-19-8-4-12-3-2-7(8)10(17)18/h2-4H,5H2,1H3,(H,17,18)(H,13,15,16). The molecule has 0 saturated heterocycles. The number of amides is 1. The molecule has 2 heterocycles. The number of aromatic carboxylic acids is 1.